The van der Waals surface area contributed by atoms with E-state index in [9.17, 15) is 9.50 Å². The maximum atomic E-state index is 13.3. The third kappa shape index (κ3) is 1.75. The first-order chi connectivity index (χ1) is 6.18. The lowest BCUT2D eigenvalue weighted by atomic mass is 10.1. The third-order valence-electron chi connectivity index (χ3n) is 2.02. The van der Waals surface area contributed by atoms with Gasteiger partial charge in [0.15, 0.2) is 0 Å². The summed E-state index contributed by atoms with van der Waals surface area (Å²) in [7, 11) is 0. The Bertz CT molecular complexity index is 379. The number of hydrogen-bond acceptors (Lipinski definition) is 1. The Morgan fingerprint density at radius 3 is 2.62 bits per heavy atom. The molecule has 1 aromatic rings. The highest BCUT2D eigenvalue weighted by Gasteiger charge is 2.20. The topological polar surface area (TPSA) is 20.2 Å². The second kappa shape index (κ2) is 3.14. The molecule has 1 aromatic carbocycles. The van der Waals surface area contributed by atoms with Gasteiger partial charge in [-0.3, -0.25) is 0 Å². The van der Waals surface area contributed by atoms with E-state index in [4.69, 9.17) is 0 Å². The second-order valence-electron chi connectivity index (χ2n) is 3.08. The average Bonchev–Trinajstić information content (AvgIpc) is 2.85. The Labute approximate surface area is 84.0 Å². The molecule has 1 nitrogen and oxygen atoms in total. The Morgan fingerprint density at radius 1 is 1.38 bits per heavy atom. The molecule has 13 heavy (non-hydrogen) atoms. The first-order valence-electron chi connectivity index (χ1n) is 4.05. The van der Waals surface area contributed by atoms with Crippen molar-refractivity contribution in [1.82, 2.24) is 0 Å². The van der Waals surface area contributed by atoms with Gasteiger partial charge in [0, 0.05) is 4.47 Å². The molecule has 0 heterocycles. The van der Waals surface area contributed by atoms with E-state index in [1.807, 2.05) is 0 Å². The van der Waals surface area contributed by atoms with Gasteiger partial charge in [-0.15, -0.1) is 0 Å². The molecule has 1 N–H and O–H groups in total. The fourth-order valence-electron chi connectivity index (χ4n) is 1.17. The minimum Gasteiger partial charge on any atom is -0.507 e. The van der Waals surface area contributed by atoms with E-state index < -0.39 is 0 Å². The highest BCUT2D eigenvalue weighted by atomic mass is 79.9. The van der Waals surface area contributed by atoms with Gasteiger partial charge in [-0.2, -0.15) is 0 Å². The van der Waals surface area contributed by atoms with Crippen LogP contribution < -0.4 is 0 Å². The molecule has 2 rings (SSSR count). The van der Waals surface area contributed by atoms with E-state index in [1.54, 1.807) is 12.1 Å². The van der Waals surface area contributed by atoms with Crippen LogP contribution >= 0.6 is 15.9 Å². The highest BCUT2D eigenvalue weighted by molar-refractivity contribution is 9.10. The monoisotopic (exact) mass is 242 g/mol. The molecular weight excluding hydrogens is 235 g/mol. The summed E-state index contributed by atoms with van der Waals surface area (Å²) in [4.78, 5) is 0. The molecule has 0 radical (unpaired) electrons. The van der Waals surface area contributed by atoms with Crippen LogP contribution in [0.5, 0.6) is 0 Å². The molecule has 0 spiro atoms. The van der Waals surface area contributed by atoms with Crippen molar-refractivity contribution in [2.75, 3.05) is 0 Å². The third-order valence-corrected chi connectivity index (χ3v) is 2.51. The standard InChI is InChI=1S/C10H8BrFO/c11-7-3-4-8(9(12)5-7)10(13)6-1-2-6/h3-5,13H,1-2H2. The van der Waals surface area contributed by atoms with Gasteiger partial charge in [-0.1, -0.05) is 15.9 Å². The van der Waals surface area contributed by atoms with Crippen LogP contribution in [0.15, 0.2) is 28.2 Å². The van der Waals surface area contributed by atoms with Gasteiger partial charge in [0.05, 0.1) is 5.56 Å². The SMILES string of the molecule is OC(=C1CC1)c1ccc(Br)cc1F. The molecular formula is C10H8BrFO. The lowest BCUT2D eigenvalue weighted by Gasteiger charge is -2.01. The number of aliphatic hydroxyl groups excluding tert-OH is 1. The zero-order valence-corrected chi connectivity index (χ0v) is 8.44. The molecule has 0 aromatic heterocycles. The van der Waals surface area contributed by atoms with Gasteiger partial charge >= 0.3 is 0 Å². The van der Waals surface area contributed by atoms with E-state index in [2.05, 4.69) is 15.9 Å². The van der Waals surface area contributed by atoms with Crippen LogP contribution in [0, 0.1) is 5.82 Å². The zero-order chi connectivity index (χ0) is 9.42. The van der Waals surface area contributed by atoms with E-state index in [-0.39, 0.29) is 11.6 Å². The second-order valence-corrected chi connectivity index (χ2v) is 3.99. The first kappa shape index (κ1) is 8.75. The summed E-state index contributed by atoms with van der Waals surface area (Å²) in [6, 6.07) is 4.66. The van der Waals surface area contributed by atoms with Crippen molar-refractivity contribution in [2.24, 2.45) is 0 Å². The number of halogens is 2. The van der Waals surface area contributed by atoms with Crippen LogP contribution in [0.3, 0.4) is 0 Å². The van der Waals surface area contributed by atoms with Crippen molar-refractivity contribution in [1.29, 1.82) is 0 Å². The van der Waals surface area contributed by atoms with Crippen molar-refractivity contribution in [2.45, 2.75) is 12.8 Å². The zero-order valence-electron chi connectivity index (χ0n) is 6.85. The molecule has 0 amide bonds. The van der Waals surface area contributed by atoms with E-state index in [0.717, 1.165) is 18.4 Å². The Kier molecular flexibility index (Phi) is 2.12. The Morgan fingerprint density at radius 2 is 2.08 bits per heavy atom. The molecule has 1 saturated carbocycles. The van der Waals surface area contributed by atoms with Crippen LogP contribution in [0.2, 0.25) is 0 Å². The lowest BCUT2D eigenvalue weighted by molar-refractivity contribution is 0.500. The number of benzene rings is 1. The quantitative estimate of drug-likeness (QED) is 0.746. The molecule has 0 atom stereocenters. The molecule has 1 aliphatic carbocycles. The smallest absolute Gasteiger partial charge is 0.135 e. The summed E-state index contributed by atoms with van der Waals surface area (Å²) < 4.78 is 13.9. The summed E-state index contributed by atoms with van der Waals surface area (Å²) >= 11 is 3.16. The van der Waals surface area contributed by atoms with E-state index in [0.29, 0.717) is 10.0 Å². The fourth-order valence-corrected chi connectivity index (χ4v) is 1.50. The van der Waals surface area contributed by atoms with Gasteiger partial charge in [-0.25, -0.2) is 4.39 Å². The van der Waals surface area contributed by atoms with Crippen LogP contribution in [0.25, 0.3) is 5.76 Å². The maximum Gasteiger partial charge on any atom is 0.135 e. The molecule has 0 saturated heterocycles. The molecule has 68 valence electrons. The van der Waals surface area contributed by atoms with Crippen LogP contribution in [0.4, 0.5) is 4.39 Å². The maximum absolute atomic E-state index is 13.3. The Hall–Kier alpha value is -0.830. The first-order valence-corrected chi connectivity index (χ1v) is 4.84. The van der Waals surface area contributed by atoms with Gasteiger partial charge in [0.1, 0.15) is 11.6 Å². The molecule has 1 fully saturated rings. The van der Waals surface area contributed by atoms with Gasteiger partial charge in [0.2, 0.25) is 0 Å². The predicted molar refractivity (Wildman–Crippen MR) is 52.9 cm³/mol. The summed E-state index contributed by atoms with van der Waals surface area (Å²) in [6.07, 6.45) is 1.78. The fraction of sp³-hybridized carbons (Fsp3) is 0.200. The van der Waals surface area contributed by atoms with E-state index >= 15 is 0 Å². The lowest BCUT2D eigenvalue weighted by Crippen LogP contribution is -1.88. The summed E-state index contributed by atoms with van der Waals surface area (Å²) in [5.41, 5.74) is 1.25. The summed E-state index contributed by atoms with van der Waals surface area (Å²) in [5, 5.41) is 9.56. The number of aliphatic hydroxyl groups is 1. The number of allylic oxidation sites excluding steroid dienone is 1. The average molecular weight is 243 g/mol. The van der Waals surface area contributed by atoms with E-state index in [1.165, 1.54) is 6.07 Å². The highest BCUT2D eigenvalue weighted by Crippen LogP contribution is 2.35. The van der Waals surface area contributed by atoms with Crippen LogP contribution in [-0.4, -0.2) is 5.11 Å². The molecule has 3 heteroatoms. The largest absolute Gasteiger partial charge is 0.507 e. The molecule has 0 bridgehead atoms. The summed E-state index contributed by atoms with van der Waals surface area (Å²) in [5.74, 6) is -0.267. The van der Waals surface area contributed by atoms with Crippen molar-refractivity contribution in [3.8, 4) is 0 Å². The molecule has 0 aliphatic heterocycles. The van der Waals surface area contributed by atoms with Crippen molar-refractivity contribution in [3.05, 3.63) is 39.6 Å². The summed E-state index contributed by atoms with van der Waals surface area (Å²) in [6.45, 7) is 0. The number of rotatable bonds is 1. The molecule has 1 aliphatic rings. The molecule has 0 unspecified atom stereocenters. The van der Waals surface area contributed by atoms with Gasteiger partial charge in [0.25, 0.3) is 0 Å². The van der Waals surface area contributed by atoms with Crippen molar-refractivity contribution >= 4 is 21.7 Å². The number of hydrogen-bond donors (Lipinski definition) is 1. The normalized spacial score (nSPS) is 14.5. The van der Waals surface area contributed by atoms with Gasteiger partial charge in [-0.05, 0) is 36.6 Å². The minimum atomic E-state index is -0.383. The van der Waals surface area contributed by atoms with Crippen LogP contribution in [-0.2, 0) is 0 Å². The predicted octanol–water partition coefficient (Wildman–Crippen LogP) is 3.65. The van der Waals surface area contributed by atoms with Crippen molar-refractivity contribution < 1.29 is 9.50 Å². The van der Waals surface area contributed by atoms with Gasteiger partial charge < -0.3 is 5.11 Å². The Balaban J connectivity index is 2.46. The van der Waals surface area contributed by atoms with Crippen molar-refractivity contribution in [3.63, 3.8) is 0 Å². The minimum absolute atomic E-state index is 0.116. The van der Waals surface area contributed by atoms with Crippen LogP contribution in [0.1, 0.15) is 18.4 Å².